The number of hydrogen-bond acceptors (Lipinski definition) is 2. The largest absolute Gasteiger partial charge is 0.508 e. The fourth-order valence-electron chi connectivity index (χ4n) is 1.67. The van der Waals surface area contributed by atoms with E-state index in [1.807, 2.05) is 0 Å². The molecule has 1 aliphatic rings. The third-order valence-corrected chi connectivity index (χ3v) is 3.12. The standard InChI is InChI=1S/C10H9BrO2/c11-9-3-4-10(13)7-2-1-6(12)5-8(7)9/h3-4,13H,1-2,5H2. The third-order valence-electron chi connectivity index (χ3n) is 2.38. The zero-order valence-corrected chi connectivity index (χ0v) is 8.60. The minimum absolute atomic E-state index is 0.249. The summed E-state index contributed by atoms with van der Waals surface area (Å²) in [5, 5.41) is 9.53. The Bertz CT molecular complexity index is 371. The van der Waals surface area contributed by atoms with Gasteiger partial charge in [0.05, 0.1) is 0 Å². The number of ketones is 1. The van der Waals surface area contributed by atoms with Crippen molar-refractivity contribution in [3.8, 4) is 5.75 Å². The zero-order valence-electron chi connectivity index (χ0n) is 7.01. The van der Waals surface area contributed by atoms with E-state index in [9.17, 15) is 9.90 Å². The molecule has 1 N–H and O–H groups in total. The number of carbonyl (C=O) groups excluding carboxylic acids is 1. The zero-order chi connectivity index (χ0) is 9.42. The van der Waals surface area contributed by atoms with Gasteiger partial charge in [-0.15, -0.1) is 0 Å². The van der Waals surface area contributed by atoms with Gasteiger partial charge in [-0.2, -0.15) is 0 Å². The number of fused-ring (bicyclic) bond motifs is 1. The van der Waals surface area contributed by atoms with E-state index in [0.717, 1.165) is 15.6 Å². The fraction of sp³-hybridized carbons (Fsp3) is 0.300. The van der Waals surface area contributed by atoms with E-state index in [4.69, 9.17) is 0 Å². The van der Waals surface area contributed by atoms with Crippen molar-refractivity contribution in [1.82, 2.24) is 0 Å². The molecule has 0 unspecified atom stereocenters. The van der Waals surface area contributed by atoms with Crippen molar-refractivity contribution in [1.29, 1.82) is 0 Å². The monoisotopic (exact) mass is 240 g/mol. The topological polar surface area (TPSA) is 37.3 Å². The number of rotatable bonds is 0. The highest BCUT2D eigenvalue weighted by Gasteiger charge is 2.20. The van der Waals surface area contributed by atoms with E-state index in [-0.39, 0.29) is 5.78 Å². The normalized spacial score (nSPS) is 15.6. The molecule has 2 nitrogen and oxygen atoms in total. The highest BCUT2D eigenvalue weighted by molar-refractivity contribution is 9.10. The first-order chi connectivity index (χ1) is 6.18. The van der Waals surface area contributed by atoms with Crippen molar-refractivity contribution in [2.24, 2.45) is 0 Å². The first-order valence-electron chi connectivity index (χ1n) is 4.19. The van der Waals surface area contributed by atoms with Crippen molar-refractivity contribution >= 4 is 21.7 Å². The minimum Gasteiger partial charge on any atom is -0.508 e. The van der Waals surface area contributed by atoms with Crippen LogP contribution in [0.25, 0.3) is 0 Å². The molecule has 0 radical (unpaired) electrons. The summed E-state index contributed by atoms with van der Waals surface area (Å²) < 4.78 is 0.924. The van der Waals surface area contributed by atoms with E-state index >= 15 is 0 Å². The quantitative estimate of drug-likeness (QED) is 0.756. The van der Waals surface area contributed by atoms with E-state index in [0.29, 0.717) is 25.0 Å². The number of hydrogen-bond donors (Lipinski definition) is 1. The molecule has 1 aromatic carbocycles. The first-order valence-corrected chi connectivity index (χ1v) is 4.98. The van der Waals surface area contributed by atoms with E-state index < -0.39 is 0 Å². The second kappa shape index (κ2) is 3.14. The highest BCUT2D eigenvalue weighted by atomic mass is 79.9. The van der Waals surface area contributed by atoms with Crippen molar-refractivity contribution in [2.75, 3.05) is 0 Å². The van der Waals surface area contributed by atoms with E-state index in [1.54, 1.807) is 12.1 Å². The Morgan fingerprint density at radius 1 is 1.23 bits per heavy atom. The molecular formula is C10H9BrO2. The van der Waals surface area contributed by atoms with Crippen LogP contribution in [0.15, 0.2) is 16.6 Å². The average Bonchev–Trinajstić information content (AvgIpc) is 2.12. The smallest absolute Gasteiger partial charge is 0.137 e. The van der Waals surface area contributed by atoms with Crippen LogP contribution in [0.3, 0.4) is 0 Å². The molecule has 0 bridgehead atoms. The van der Waals surface area contributed by atoms with Gasteiger partial charge >= 0.3 is 0 Å². The van der Waals surface area contributed by atoms with Crippen LogP contribution in [-0.4, -0.2) is 10.9 Å². The molecule has 13 heavy (non-hydrogen) atoms. The number of benzene rings is 1. The van der Waals surface area contributed by atoms with Gasteiger partial charge in [-0.05, 0) is 29.7 Å². The van der Waals surface area contributed by atoms with E-state index in [1.165, 1.54) is 0 Å². The summed E-state index contributed by atoms with van der Waals surface area (Å²) in [6.45, 7) is 0. The maximum atomic E-state index is 11.2. The first kappa shape index (κ1) is 8.75. The second-order valence-electron chi connectivity index (χ2n) is 3.24. The Hall–Kier alpha value is -0.830. The Morgan fingerprint density at radius 2 is 2.00 bits per heavy atom. The van der Waals surface area contributed by atoms with Gasteiger partial charge in [0, 0.05) is 17.3 Å². The van der Waals surface area contributed by atoms with Gasteiger partial charge in [-0.25, -0.2) is 0 Å². The van der Waals surface area contributed by atoms with Gasteiger partial charge in [0.15, 0.2) is 0 Å². The highest BCUT2D eigenvalue weighted by Crippen LogP contribution is 2.32. The molecular weight excluding hydrogens is 232 g/mol. The van der Waals surface area contributed by atoms with Crippen molar-refractivity contribution in [2.45, 2.75) is 19.3 Å². The molecule has 0 aliphatic heterocycles. The number of halogens is 1. The molecule has 0 amide bonds. The number of aromatic hydroxyl groups is 1. The van der Waals surface area contributed by atoms with Gasteiger partial charge < -0.3 is 5.11 Å². The molecule has 0 heterocycles. The van der Waals surface area contributed by atoms with Crippen molar-refractivity contribution in [3.63, 3.8) is 0 Å². The molecule has 0 saturated heterocycles. The molecule has 3 heteroatoms. The average molecular weight is 241 g/mol. The number of carbonyl (C=O) groups is 1. The lowest BCUT2D eigenvalue weighted by Crippen LogP contribution is -2.13. The van der Waals surface area contributed by atoms with Crippen LogP contribution in [0.5, 0.6) is 5.75 Å². The molecule has 68 valence electrons. The lowest BCUT2D eigenvalue weighted by molar-refractivity contribution is -0.118. The Kier molecular flexibility index (Phi) is 2.12. The summed E-state index contributed by atoms with van der Waals surface area (Å²) in [6.07, 6.45) is 1.67. The van der Waals surface area contributed by atoms with Crippen molar-refractivity contribution < 1.29 is 9.90 Å². The lowest BCUT2D eigenvalue weighted by atomic mass is 9.90. The molecule has 2 rings (SSSR count). The molecule has 0 spiro atoms. The summed E-state index contributed by atoms with van der Waals surface area (Å²) in [6, 6.07) is 3.45. The summed E-state index contributed by atoms with van der Waals surface area (Å²) >= 11 is 3.38. The van der Waals surface area contributed by atoms with Crippen LogP contribution in [0.4, 0.5) is 0 Å². The molecule has 0 atom stereocenters. The van der Waals surface area contributed by atoms with Crippen LogP contribution in [-0.2, 0) is 17.6 Å². The summed E-state index contributed by atoms with van der Waals surface area (Å²) in [4.78, 5) is 11.2. The van der Waals surface area contributed by atoms with Crippen LogP contribution < -0.4 is 0 Å². The maximum absolute atomic E-state index is 11.2. The summed E-state index contributed by atoms with van der Waals surface area (Å²) in [7, 11) is 0. The van der Waals surface area contributed by atoms with E-state index in [2.05, 4.69) is 15.9 Å². The third kappa shape index (κ3) is 1.48. The SMILES string of the molecule is O=C1CCc2c(O)ccc(Br)c2C1. The minimum atomic E-state index is 0.249. The Labute approximate surface area is 84.7 Å². The van der Waals surface area contributed by atoms with Crippen LogP contribution in [0.2, 0.25) is 0 Å². The fourth-order valence-corrected chi connectivity index (χ4v) is 2.18. The number of Topliss-reactive ketones (excluding diaryl/α,β-unsaturated/α-hetero) is 1. The van der Waals surface area contributed by atoms with Gasteiger partial charge in [0.1, 0.15) is 11.5 Å². The van der Waals surface area contributed by atoms with Crippen LogP contribution in [0.1, 0.15) is 17.5 Å². The van der Waals surface area contributed by atoms with Crippen LogP contribution >= 0.6 is 15.9 Å². The number of phenols is 1. The predicted octanol–water partition coefficient (Wildman–Crippen LogP) is 2.21. The molecule has 0 aromatic heterocycles. The summed E-state index contributed by atoms with van der Waals surface area (Å²) in [5.41, 5.74) is 1.88. The summed E-state index contributed by atoms with van der Waals surface area (Å²) in [5.74, 6) is 0.560. The molecule has 0 fully saturated rings. The van der Waals surface area contributed by atoms with Gasteiger partial charge in [0.25, 0.3) is 0 Å². The lowest BCUT2D eigenvalue weighted by Gasteiger charge is -2.17. The van der Waals surface area contributed by atoms with Crippen LogP contribution in [0, 0.1) is 0 Å². The Balaban J connectivity index is 2.57. The predicted molar refractivity (Wildman–Crippen MR) is 52.8 cm³/mol. The molecule has 1 aliphatic carbocycles. The van der Waals surface area contributed by atoms with Gasteiger partial charge in [0.2, 0.25) is 0 Å². The number of phenolic OH excluding ortho intramolecular Hbond substituents is 1. The molecule has 1 aromatic rings. The maximum Gasteiger partial charge on any atom is 0.137 e. The molecule has 0 saturated carbocycles. The second-order valence-corrected chi connectivity index (χ2v) is 4.09. The van der Waals surface area contributed by atoms with Gasteiger partial charge in [-0.3, -0.25) is 4.79 Å². The van der Waals surface area contributed by atoms with Gasteiger partial charge in [-0.1, -0.05) is 15.9 Å². The Morgan fingerprint density at radius 3 is 2.77 bits per heavy atom. The van der Waals surface area contributed by atoms with Crippen molar-refractivity contribution in [3.05, 3.63) is 27.7 Å².